The van der Waals surface area contributed by atoms with Crippen molar-refractivity contribution < 1.29 is 19.4 Å². The van der Waals surface area contributed by atoms with Crippen LogP contribution in [0.4, 0.5) is 10.5 Å². The summed E-state index contributed by atoms with van der Waals surface area (Å²) in [6.07, 6.45) is 1.97. The number of halogens is 1. The summed E-state index contributed by atoms with van der Waals surface area (Å²) in [6, 6.07) is 12.3. The van der Waals surface area contributed by atoms with Crippen molar-refractivity contribution in [1.29, 1.82) is 0 Å². The first kappa shape index (κ1) is 19.3. The molecule has 0 saturated carbocycles. The van der Waals surface area contributed by atoms with Crippen LogP contribution in [0.5, 0.6) is 0 Å². The van der Waals surface area contributed by atoms with Gasteiger partial charge < -0.3 is 20.1 Å². The average molecular weight is 413 g/mol. The molecule has 1 amide bonds. The van der Waals surface area contributed by atoms with Crippen LogP contribution < -0.4 is 5.32 Å². The molecule has 29 heavy (non-hydrogen) atoms. The van der Waals surface area contributed by atoms with Crippen LogP contribution in [0, 0.1) is 5.92 Å². The van der Waals surface area contributed by atoms with Gasteiger partial charge in [0, 0.05) is 23.2 Å². The molecule has 2 N–H and O–H groups in total. The summed E-state index contributed by atoms with van der Waals surface area (Å²) < 4.78 is 5.30. The molecule has 2 aliphatic heterocycles. The quantitative estimate of drug-likeness (QED) is 0.699. The zero-order valence-electron chi connectivity index (χ0n) is 15.7. The lowest BCUT2D eigenvalue weighted by atomic mass is 9.80. The molecule has 0 aromatic heterocycles. The number of likely N-dealkylation sites (tertiary alicyclic amines) is 1. The summed E-state index contributed by atoms with van der Waals surface area (Å²) in [7, 11) is 0. The van der Waals surface area contributed by atoms with Crippen LogP contribution in [0.25, 0.3) is 0 Å². The van der Waals surface area contributed by atoms with Gasteiger partial charge in [-0.15, -0.1) is 0 Å². The summed E-state index contributed by atoms with van der Waals surface area (Å²) in [5.74, 6) is -0.851. The number of benzene rings is 2. The molecule has 3 atom stereocenters. The van der Waals surface area contributed by atoms with Crippen molar-refractivity contribution in [2.75, 3.05) is 18.5 Å². The van der Waals surface area contributed by atoms with Gasteiger partial charge in [-0.1, -0.05) is 36.4 Å². The van der Waals surface area contributed by atoms with Crippen LogP contribution in [0.2, 0.25) is 5.02 Å². The Morgan fingerprint density at radius 3 is 2.72 bits per heavy atom. The zero-order chi connectivity index (χ0) is 20.5. The van der Waals surface area contributed by atoms with Crippen molar-refractivity contribution in [2.45, 2.75) is 18.5 Å². The largest absolute Gasteiger partial charge is 0.478 e. The fourth-order valence-corrected chi connectivity index (χ4v) is 4.51. The second-order valence-corrected chi connectivity index (χ2v) is 7.67. The second-order valence-electron chi connectivity index (χ2n) is 7.24. The first-order valence-electron chi connectivity index (χ1n) is 9.43. The Morgan fingerprint density at radius 2 is 2.03 bits per heavy atom. The van der Waals surface area contributed by atoms with E-state index in [1.54, 1.807) is 23.1 Å². The third-order valence-corrected chi connectivity index (χ3v) is 5.83. The minimum Gasteiger partial charge on any atom is -0.478 e. The highest BCUT2D eigenvalue weighted by Crippen LogP contribution is 2.51. The summed E-state index contributed by atoms with van der Waals surface area (Å²) in [5.41, 5.74) is 3.10. The van der Waals surface area contributed by atoms with Crippen molar-refractivity contribution >= 4 is 29.4 Å². The molecule has 0 spiro atoms. The fourth-order valence-electron chi connectivity index (χ4n) is 4.33. The van der Waals surface area contributed by atoms with E-state index in [0.717, 1.165) is 23.2 Å². The van der Waals surface area contributed by atoms with E-state index in [-0.39, 0.29) is 36.3 Å². The molecule has 4 rings (SSSR count). The Bertz CT molecular complexity index is 960. The number of anilines is 1. The van der Waals surface area contributed by atoms with Crippen molar-refractivity contribution in [1.82, 2.24) is 4.90 Å². The van der Waals surface area contributed by atoms with Crippen LogP contribution in [0.3, 0.4) is 0 Å². The van der Waals surface area contributed by atoms with E-state index in [1.165, 1.54) is 0 Å². The fraction of sp³-hybridized carbons (Fsp3) is 0.273. The maximum atomic E-state index is 12.7. The van der Waals surface area contributed by atoms with Crippen LogP contribution in [0.15, 0.2) is 55.1 Å². The Labute approximate surface area is 173 Å². The molecule has 1 saturated heterocycles. The molecule has 0 bridgehead atoms. The minimum absolute atomic E-state index is 0.0614. The van der Waals surface area contributed by atoms with Crippen molar-refractivity contribution in [2.24, 2.45) is 5.92 Å². The average Bonchev–Trinajstić information content (AvgIpc) is 3.17. The molecule has 2 heterocycles. The Morgan fingerprint density at radius 1 is 1.28 bits per heavy atom. The molecule has 150 valence electrons. The number of fused-ring (bicyclic) bond motifs is 3. The number of carbonyl (C=O) groups is 2. The van der Waals surface area contributed by atoms with E-state index >= 15 is 0 Å². The Kier molecular flexibility index (Phi) is 5.20. The number of carboxylic acids is 1. The molecule has 0 aliphatic carbocycles. The van der Waals surface area contributed by atoms with Crippen LogP contribution in [0.1, 0.15) is 40.0 Å². The predicted octanol–water partition coefficient (Wildman–Crippen LogP) is 4.89. The van der Waals surface area contributed by atoms with Gasteiger partial charge in [0.15, 0.2) is 0 Å². The van der Waals surface area contributed by atoms with Gasteiger partial charge in [0.2, 0.25) is 0 Å². The van der Waals surface area contributed by atoms with E-state index in [2.05, 4.69) is 11.9 Å². The third-order valence-electron chi connectivity index (χ3n) is 5.59. The van der Waals surface area contributed by atoms with Gasteiger partial charge in [-0.2, -0.15) is 0 Å². The number of hydrogen-bond acceptors (Lipinski definition) is 4. The van der Waals surface area contributed by atoms with Gasteiger partial charge in [-0.3, -0.25) is 0 Å². The molecular weight excluding hydrogens is 392 g/mol. The first-order valence-corrected chi connectivity index (χ1v) is 9.81. The number of rotatable bonds is 4. The van der Waals surface area contributed by atoms with E-state index in [0.29, 0.717) is 11.6 Å². The van der Waals surface area contributed by atoms with Crippen LogP contribution in [-0.4, -0.2) is 35.2 Å². The Balaban J connectivity index is 1.72. The SMILES string of the molecule is C=CCOC(=O)N1CC[C@@H]2[C@@H](c3ccc(C(=O)O)cc3)Nc3ccc(Cl)cc3[C@@H]21. The standard InChI is InChI=1S/C22H21ClN2O4/c1-2-11-29-22(28)25-10-9-16-19(13-3-5-14(6-4-13)21(26)27)24-18-8-7-15(23)12-17(18)20(16)25/h2-8,12,16,19-20,24H,1,9-11H2,(H,26,27)/t16-,19-,20-/m1/s1. The highest BCUT2D eigenvalue weighted by atomic mass is 35.5. The summed E-state index contributed by atoms with van der Waals surface area (Å²) in [4.78, 5) is 25.6. The third kappa shape index (κ3) is 3.56. The van der Waals surface area contributed by atoms with Gasteiger partial charge >= 0.3 is 12.1 Å². The number of nitrogens with zero attached hydrogens (tertiary/aromatic N) is 1. The second kappa shape index (κ2) is 7.79. The lowest BCUT2D eigenvalue weighted by Crippen LogP contribution is -2.38. The number of nitrogens with one attached hydrogen (secondary N) is 1. The van der Waals surface area contributed by atoms with Gasteiger partial charge in [0.1, 0.15) is 6.61 Å². The highest BCUT2D eigenvalue weighted by Gasteiger charge is 2.47. The summed E-state index contributed by atoms with van der Waals surface area (Å²) in [6.45, 7) is 4.33. The number of carbonyl (C=O) groups excluding carboxylic acids is 1. The molecular formula is C22H21ClN2O4. The monoisotopic (exact) mass is 412 g/mol. The van der Waals surface area contributed by atoms with E-state index in [9.17, 15) is 9.59 Å². The van der Waals surface area contributed by atoms with Crippen LogP contribution in [-0.2, 0) is 4.74 Å². The molecule has 0 unspecified atom stereocenters. The number of amides is 1. The molecule has 2 aromatic rings. The molecule has 1 fully saturated rings. The lowest BCUT2D eigenvalue weighted by Gasteiger charge is -2.39. The number of aromatic carboxylic acids is 1. The highest BCUT2D eigenvalue weighted by molar-refractivity contribution is 6.30. The lowest BCUT2D eigenvalue weighted by molar-refractivity contribution is 0.0696. The van der Waals surface area contributed by atoms with Crippen molar-refractivity contribution in [3.8, 4) is 0 Å². The van der Waals surface area contributed by atoms with Crippen LogP contribution >= 0.6 is 11.6 Å². The van der Waals surface area contributed by atoms with E-state index in [4.69, 9.17) is 21.4 Å². The number of hydrogen-bond donors (Lipinski definition) is 2. The maximum Gasteiger partial charge on any atom is 0.410 e. The first-order chi connectivity index (χ1) is 14.0. The Hall–Kier alpha value is -2.99. The normalized spacial score (nSPS) is 22.2. The topological polar surface area (TPSA) is 78.9 Å². The summed E-state index contributed by atoms with van der Waals surface area (Å²) >= 11 is 6.25. The zero-order valence-corrected chi connectivity index (χ0v) is 16.4. The molecule has 0 radical (unpaired) electrons. The van der Waals surface area contributed by atoms with Gasteiger partial charge in [0.05, 0.1) is 17.6 Å². The summed E-state index contributed by atoms with van der Waals surface area (Å²) in [5, 5.41) is 13.3. The minimum atomic E-state index is -0.956. The van der Waals surface area contributed by atoms with Gasteiger partial charge in [0.25, 0.3) is 0 Å². The number of carboxylic acid groups (broad SMARTS) is 1. The van der Waals surface area contributed by atoms with Crippen molar-refractivity contribution in [3.63, 3.8) is 0 Å². The predicted molar refractivity (Wildman–Crippen MR) is 110 cm³/mol. The maximum absolute atomic E-state index is 12.7. The van der Waals surface area contributed by atoms with E-state index in [1.807, 2.05) is 30.3 Å². The van der Waals surface area contributed by atoms with Gasteiger partial charge in [-0.05, 0) is 47.9 Å². The molecule has 7 heteroatoms. The number of ether oxygens (including phenoxy) is 1. The van der Waals surface area contributed by atoms with E-state index < -0.39 is 5.97 Å². The van der Waals surface area contributed by atoms with Crippen molar-refractivity contribution in [3.05, 3.63) is 76.8 Å². The van der Waals surface area contributed by atoms with Gasteiger partial charge in [-0.25, -0.2) is 9.59 Å². The smallest absolute Gasteiger partial charge is 0.410 e. The molecule has 6 nitrogen and oxygen atoms in total. The molecule has 2 aromatic carbocycles. The molecule has 2 aliphatic rings.